The molecular formula is C19H22N2O2. The maximum Gasteiger partial charge on any atom is 0.258 e. The first kappa shape index (κ1) is 15.7. The SMILES string of the molecule is CCN1CC(O)C(N(C(=O)c2ccccc2)c2ccccc2)C1. The van der Waals surface area contributed by atoms with E-state index in [4.69, 9.17) is 0 Å². The molecule has 0 bridgehead atoms. The van der Waals surface area contributed by atoms with Crippen molar-refractivity contribution in [2.75, 3.05) is 24.5 Å². The predicted molar refractivity (Wildman–Crippen MR) is 91.6 cm³/mol. The normalized spacial score (nSPS) is 21.3. The monoisotopic (exact) mass is 310 g/mol. The number of nitrogens with zero attached hydrogens (tertiary/aromatic N) is 2. The smallest absolute Gasteiger partial charge is 0.258 e. The lowest BCUT2D eigenvalue weighted by atomic mass is 10.1. The van der Waals surface area contributed by atoms with E-state index in [0.717, 1.165) is 12.2 Å². The van der Waals surface area contributed by atoms with E-state index in [-0.39, 0.29) is 11.9 Å². The zero-order valence-electron chi connectivity index (χ0n) is 13.3. The van der Waals surface area contributed by atoms with Gasteiger partial charge in [-0.25, -0.2) is 0 Å². The third-order valence-corrected chi connectivity index (χ3v) is 4.39. The van der Waals surface area contributed by atoms with Gasteiger partial charge in [-0.3, -0.25) is 9.69 Å². The van der Waals surface area contributed by atoms with Crippen LogP contribution in [0.1, 0.15) is 17.3 Å². The number of carbonyl (C=O) groups is 1. The van der Waals surface area contributed by atoms with Gasteiger partial charge in [0.05, 0.1) is 12.1 Å². The number of rotatable bonds is 4. The van der Waals surface area contributed by atoms with Gasteiger partial charge in [0.25, 0.3) is 5.91 Å². The van der Waals surface area contributed by atoms with Crippen molar-refractivity contribution in [3.8, 4) is 0 Å². The van der Waals surface area contributed by atoms with E-state index in [2.05, 4.69) is 11.8 Å². The molecule has 2 aromatic carbocycles. The molecule has 1 fully saturated rings. The van der Waals surface area contributed by atoms with Gasteiger partial charge in [0.2, 0.25) is 0 Å². The molecule has 0 spiro atoms. The van der Waals surface area contributed by atoms with Gasteiger partial charge in [0, 0.05) is 24.3 Å². The number of β-amino-alcohol motifs (C(OH)–C–C–N with tert-alkyl or cyclic N) is 1. The van der Waals surface area contributed by atoms with E-state index in [1.165, 1.54) is 0 Å². The van der Waals surface area contributed by atoms with E-state index >= 15 is 0 Å². The topological polar surface area (TPSA) is 43.8 Å². The molecule has 4 nitrogen and oxygen atoms in total. The van der Waals surface area contributed by atoms with Crippen LogP contribution < -0.4 is 4.90 Å². The first-order valence-electron chi connectivity index (χ1n) is 8.04. The average molecular weight is 310 g/mol. The van der Waals surface area contributed by atoms with E-state index in [1.807, 2.05) is 60.7 Å². The summed E-state index contributed by atoms with van der Waals surface area (Å²) in [5.41, 5.74) is 1.46. The maximum absolute atomic E-state index is 13.1. The molecule has 1 amide bonds. The number of aliphatic hydroxyl groups excluding tert-OH is 1. The van der Waals surface area contributed by atoms with Crippen LogP contribution in [0.15, 0.2) is 60.7 Å². The minimum atomic E-state index is -0.539. The molecular weight excluding hydrogens is 288 g/mol. The summed E-state index contributed by atoms with van der Waals surface area (Å²) in [5.74, 6) is -0.0706. The summed E-state index contributed by atoms with van der Waals surface area (Å²) in [6.07, 6.45) is -0.539. The van der Waals surface area contributed by atoms with Crippen LogP contribution in [0.3, 0.4) is 0 Å². The van der Waals surface area contributed by atoms with Gasteiger partial charge < -0.3 is 10.0 Å². The maximum atomic E-state index is 13.1. The van der Waals surface area contributed by atoms with Crippen molar-refractivity contribution >= 4 is 11.6 Å². The summed E-state index contributed by atoms with van der Waals surface area (Å²) in [6.45, 7) is 4.23. The van der Waals surface area contributed by atoms with Crippen LogP contribution in [0, 0.1) is 0 Å². The van der Waals surface area contributed by atoms with E-state index < -0.39 is 6.10 Å². The third-order valence-electron chi connectivity index (χ3n) is 4.39. The summed E-state index contributed by atoms with van der Waals surface area (Å²) in [4.78, 5) is 17.0. The lowest BCUT2D eigenvalue weighted by molar-refractivity contribution is 0.0945. The van der Waals surface area contributed by atoms with Crippen molar-refractivity contribution in [2.45, 2.75) is 19.1 Å². The summed E-state index contributed by atoms with van der Waals surface area (Å²) in [6, 6.07) is 18.6. The Bertz CT molecular complexity index is 645. The molecule has 2 aromatic rings. The first-order chi connectivity index (χ1) is 11.2. The van der Waals surface area contributed by atoms with E-state index in [0.29, 0.717) is 18.7 Å². The number of carbonyl (C=O) groups excluding carboxylic acids is 1. The number of amides is 1. The van der Waals surface area contributed by atoms with Crippen molar-refractivity contribution in [3.05, 3.63) is 66.2 Å². The molecule has 23 heavy (non-hydrogen) atoms. The van der Waals surface area contributed by atoms with Crippen LogP contribution >= 0.6 is 0 Å². The van der Waals surface area contributed by atoms with Gasteiger partial charge in [-0.2, -0.15) is 0 Å². The van der Waals surface area contributed by atoms with Gasteiger partial charge in [-0.15, -0.1) is 0 Å². The molecule has 1 saturated heterocycles. The van der Waals surface area contributed by atoms with Gasteiger partial charge in [0.15, 0.2) is 0 Å². The zero-order valence-corrected chi connectivity index (χ0v) is 13.3. The van der Waals surface area contributed by atoms with Crippen LogP contribution in [0.2, 0.25) is 0 Å². The number of para-hydroxylation sites is 1. The van der Waals surface area contributed by atoms with Crippen molar-refractivity contribution in [1.82, 2.24) is 4.90 Å². The Kier molecular flexibility index (Phi) is 4.74. The molecule has 1 aliphatic heterocycles. The molecule has 0 radical (unpaired) electrons. The summed E-state index contributed by atoms with van der Waals surface area (Å²) >= 11 is 0. The molecule has 1 aliphatic rings. The highest BCUT2D eigenvalue weighted by Crippen LogP contribution is 2.25. The molecule has 0 aromatic heterocycles. The Morgan fingerprint density at radius 1 is 1.09 bits per heavy atom. The molecule has 2 atom stereocenters. The quantitative estimate of drug-likeness (QED) is 0.943. The highest BCUT2D eigenvalue weighted by atomic mass is 16.3. The first-order valence-corrected chi connectivity index (χ1v) is 8.04. The number of aliphatic hydroxyl groups is 1. The molecule has 3 rings (SSSR count). The van der Waals surface area contributed by atoms with Gasteiger partial charge in [-0.1, -0.05) is 43.3 Å². The number of likely N-dealkylation sites (N-methyl/N-ethyl adjacent to an activating group) is 1. The van der Waals surface area contributed by atoms with Crippen LogP contribution in [0.25, 0.3) is 0 Å². The van der Waals surface area contributed by atoms with Crippen molar-refractivity contribution in [2.24, 2.45) is 0 Å². The fourth-order valence-corrected chi connectivity index (χ4v) is 3.13. The largest absolute Gasteiger partial charge is 0.390 e. The lowest BCUT2D eigenvalue weighted by Gasteiger charge is -2.31. The standard InChI is InChI=1S/C19H22N2O2/c1-2-20-13-17(18(22)14-20)21(16-11-7-4-8-12-16)19(23)15-9-5-3-6-10-15/h3-12,17-18,22H,2,13-14H2,1H3. The van der Waals surface area contributed by atoms with Gasteiger partial charge in [0.1, 0.15) is 0 Å². The van der Waals surface area contributed by atoms with Crippen LogP contribution in [0.5, 0.6) is 0 Å². The van der Waals surface area contributed by atoms with Crippen LogP contribution in [0.4, 0.5) is 5.69 Å². The number of hydrogen-bond donors (Lipinski definition) is 1. The van der Waals surface area contributed by atoms with Crippen molar-refractivity contribution in [3.63, 3.8) is 0 Å². The lowest BCUT2D eigenvalue weighted by Crippen LogP contribution is -2.47. The highest BCUT2D eigenvalue weighted by Gasteiger charge is 2.38. The summed E-state index contributed by atoms with van der Waals surface area (Å²) < 4.78 is 0. The summed E-state index contributed by atoms with van der Waals surface area (Å²) in [5, 5.41) is 10.5. The molecule has 1 heterocycles. The molecule has 0 aliphatic carbocycles. The Morgan fingerprint density at radius 2 is 1.70 bits per heavy atom. The Hall–Kier alpha value is -2.17. The number of hydrogen-bond acceptors (Lipinski definition) is 3. The predicted octanol–water partition coefficient (Wildman–Crippen LogP) is 2.40. The van der Waals surface area contributed by atoms with Crippen molar-refractivity contribution < 1.29 is 9.90 Å². The number of likely N-dealkylation sites (tertiary alicyclic amines) is 1. The second-order valence-electron chi connectivity index (χ2n) is 5.86. The molecule has 0 saturated carbocycles. The van der Waals surface area contributed by atoms with Crippen LogP contribution in [-0.4, -0.2) is 47.7 Å². The highest BCUT2D eigenvalue weighted by molar-refractivity contribution is 6.06. The van der Waals surface area contributed by atoms with E-state index in [9.17, 15) is 9.90 Å². The Labute approximate surface area is 137 Å². The Balaban J connectivity index is 1.96. The fourth-order valence-electron chi connectivity index (χ4n) is 3.13. The number of anilines is 1. The molecule has 120 valence electrons. The molecule has 4 heteroatoms. The van der Waals surface area contributed by atoms with Gasteiger partial charge >= 0.3 is 0 Å². The zero-order chi connectivity index (χ0) is 16.2. The van der Waals surface area contributed by atoms with Crippen molar-refractivity contribution in [1.29, 1.82) is 0 Å². The second kappa shape index (κ2) is 6.94. The van der Waals surface area contributed by atoms with E-state index in [1.54, 1.807) is 4.90 Å². The van der Waals surface area contributed by atoms with Crippen LogP contribution in [-0.2, 0) is 0 Å². The number of benzene rings is 2. The van der Waals surface area contributed by atoms with Gasteiger partial charge in [-0.05, 0) is 30.8 Å². The second-order valence-corrected chi connectivity index (χ2v) is 5.86. The summed E-state index contributed by atoms with van der Waals surface area (Å²) in [7, 11) is 0. The minimum Gasteiger partial charge on any atom is -0.390 e. The minimum absolute atomic E-state index is 0.0706. The fraction of sp³-hybridized carbons (Fsp3) is 0.316. The third kappa shape index (κ3) is 3.28. The molecule has 2 unspecified atom stereocenters. The average Bonchev–Trinajstić information content (AvgIpc) is 2.98. The molecule has 1 N–H and O–H groups in total. The Morgan fingerprint density at radius 3 is 2.26 bits per heavy atom.